The molecule has 0 radical (unpaired) electrons. The quantitative estimate of drug-likeness (QED) is 0.598. The van der Waals surface area contributed by atoms with Gasteiger partial charge in [-0.05, 0) is 24.5 Å². The molecule has 1 atom stereocenters. The van der Waals surface area contributed by atoms with Crippen molar-refractivity contribution in [2.24, 2.45) is 11.8 Å². The first-order chi connectivity index (χ1) is 7.60. The second-order valence-electron chi connectivity index (χ2n) is 4.20. The van der Waals surface area contributed by atoms with Gasteiger partial charge in [0, 0.05) is 5.56 Å². The molecule has 0 saturated carbocycles. The van der Waals surface area contributed by atoms with Gasteiger partial charge in [0.1, 0.15) is 11.6 Å². The zero-order chi connectivity index (χ0) is 12.1. The zero-order valence-corrected chi connectivity index (χ0v) is 9.96. The van der Waals surface area contributed by atoms with E-state index in [-0.39, 0.29) is 11.9 Å². The van der Waals surface area contributed by atoms with Crippen LogP contribution in [0.1, 0.15) is 31.9 Å². The van der Waals surface area contributed by atoms with E-state index in [1.807, 2.05) is 0 Å². The van der Waals surface area contributed by atoms with Crippen LogP contribution in [-0.2, 0) is 0 Å². The molecule has 1 aromatic carbocycles. The first-order valence-corrected chi connectivity index (χ1v) is 5.38. The third-order valence-electron chi connectivity index (χ3n) is 2.49. The van der Waals surface area contributed by atoms with Crippen LogP contribution in [0.3, 0.4) is 0 Å². The van der Waals surface area contributed by atoms with Crippen molar-refractivity contribution < 1.29 is 9.13 Å². The topological polar surface area (TPSA) is 47.3 Å². The van der Waals surface area contributed by atoms with Gasteiger partial charge in [0.2, 0.25) is 0 Å². The van der Waals surface area contributed by atoms with E-state index in [1.165, 1.54) is 13.2 Å². The number of hydrogen-bond acceptors (Lipinski definition) is 3. The Bertz CT molecular complexity index is 342. The van der Waals surface area contributed by atoms with Crippen LogP contribution in [0.25, 0.3) is 0 Å². The Morgan fingerprint density at radius 1 is 1.44 bits per heavy atom. The van der Waals surface area contributed by atoms with E-state index >= 15 is 0 Å². The molecule has 4 heteroatoms. The number of nitrogens with two attached hydrogens (primary N) is 1. The van der Waals surface area contributed by atoms with Crippen LogP contribution in [0.5, 0.6) is 5.75 Å². The molecule has 1 rings (SSSR count). The van der Waals surface area contributed by atoms with Crippen LogP contribution in [0.2, 0.25) is 0 Å². The van der Waals surface area contributed by atoms with Gasteiger partial charge in [-0.25, -0.2) is 4.39 Å². The summed E-state index contributed by atoms with van der Waals surface area (Å²) in [5.74, 6) is 6.14. The lowest BCUT2D eigenvalue weighted by molar-refractivity contribution is 0.372. The van der Waals surface area contributed by atoms with Crippen molar-refractivity contribution in [1.29, 1.82) is 0 Å². The predicted molar refractivity (Wildman–Crippen MR) is 62.5 cm³/mol. The number of methoxy groups -OCH3 is 1. The van der Waals surface area contributed by atoms with Gasteiger partial charge in [-0.1, -0.05) is 19.9 Å². The number of ether oxygens (including phenoxy) is 1. The lowest BCUT2D eigenvalue weighted by Gasteiger charge is -2.21. The summed E-state index contributed by atoms with van der Waals surface area (Å²) in [5.41, 5.74) is 3.15. The molecule has 0 aromatic heterocycles. The van der Waals surface area contributed by atoms with E-state index in [4.69, 9.17) is 10.6 Å². The average molecular weight is 226 g/mol. The van der Waals surface area contributed by atoms with E-state index < -0.39 is 0 Å². The van der Waals surface area contributed by atoms with Gasteiger partial charge in [-0.15, -0.1) is 0 Å². The Balaban J connectivity index is 3.07. The second kappa shape index (κ2) is 5.82. The summed E-state index contributed by atoms with van der Waals surface area (Å²) in [6, 6.07) is 4.56. The molecule has 3 N–H and O–H groups in total. The fourth-order valence-corrected chi connectivity index (χ4v) is 1.77. The number of rotatable bonds is 5. The minimum absolute atomic E-state index is 0.226. The molecule has 0 aliphatic heterocycles. The van der Waals surface area contributed by atoms with Crippen LogP contribution in [0.15, 0.2) is 18.2 Å². The third kappa shape index (κ3) is 2.93. The highest BCUT2D eigenvalue weighted by Crippen LogP contribution is 2.31. The summed E-state index contributed by atoms with van der Waals surface area (Å²) in [6.45, 7) is 4.13. The number of hydrogen-bond donors (Lipinski definition) is 2. The number of nitrogens with one attached hydrogen (secondary N) is 1. The molecule has 0 amide bonds. The molecule has 0 aliphatic rings. The maximum atomic E-state index is 13.7. The van der Waals surface area contributed by atoms with Crippen molar-refractivity contribution in [1.82, 2.24) is 5.43 Å². The number of benzene rings is 1. The summed E-state index contributed by atoms with van der Waals surface area (Å²) < 4.78 is 18.9. The van der Waals surface area contributed by atoms with Gasteiger partial charge < -0.3 is 4.74 Å². The Labute approximate surface area is 95.8 Å². The second-order valence-corrected chi connectivity index (χ2v) is 4.20. The maximum absolute atomic E-state index is 13.7. The molecule has 1 unspecified atom stereocenters. The molecule has 1 aromatic rings. The fraction of sp³-hybridized carbons (Fsp3) is 0.500. The Morgan fingerprint density at radius 3 is 2.62 bits per heavy atom. The highest BCUT2D eigenvalue weighted by Gasteiger charge is 2.20. The monoisotopic (exact) mass is 226 g/mol. The lowest BCUT2D eigenvalue weighted by atomic mass is 9.96. The summed E-state index contributed by atoms with van der Waals surface area (Å²) in [5, 5.41) is 0. The summed E-state index contributed by atoms with van der Waals surface area (Å²) >= 11 is 0. The smallest absolute Gasteiger partial charge is 0.131 e. The largest absolute Gasteiger partial charge is 0.496 e. The molecule has 0 aliphatic carbocycles. The number of hydrazine groups is 1. The van der Waals surface area contributed by atoms with Crippen LogP contribution >= 0.6 is 0 Å². The normalized spacial score (nSPS) is 12.9. The standard InChI is InChI=1S/C12H19FN2O/c1-8(2)7-10(15-14)12-9(13)5-4-6-11(12)16-3/h4-6,8,10,15H,7,14H2,1-3H3. The van der Waals surface area contributed by atoms with Crippen LogP contribution in [0, 0.1) is 11.7 Å². The van der Waals surface area contributed by atoms with Crippen LogP contribution in [-0.4, -0.2) is 7.11 Å². The molecule has 0 saturated heterocycles. The molecule has 0 fully saturated rings. The SMILES string of the molecule is COc1cccc(F)c1C(CC(C)C)NN. The van der Waals surface area contributed by atoms with Gasteiger partial charge in [0.25, 0.3) is 0 Å². The van der Waals surface area contributed by atoms with Crippen molar-refractivity contribution in [3.05, 3.63) is 29.6 Å². The van der Waals surface area contributed by atoms with E-state index in [0.717, 1.165) is 6.42 Å². The number of halogens is 1. The molecule has 3 nitrogen and oxygen atoms in total. The van der Waals surface area contributed by atoms with Crippen LogP contribution in [0.4, 0.5) is 4.39 Å². The Morgan fingerprint density at radius 2 is 2.12 bits per heavy atom. The molecule has 16 heavy (non-hydrogen) atoms. The van der Waals surface area contributed by atoms with Crippen molar-refractivity contribution in [2.75, 3.05) is 7.11 Å². The predicted octanol–water partition coefficient (Wildman–Crippen LogP) is 2.38. The van der Waals surface area contributed by atoms with E-state index in [9.17, 15) is 4.39 Å². The highest BCUT2D eigenvalue weighted by atomic mass is 19.1. The molecule has 0 spiro atoms. The van der Waals surface area contributed by atoms with E-state index in [0.29, 0.717) is 17.2 Å². The third-order valence-corrected chi connectivity index (χ3v) is 2.49. The van der Waals surface area contributed by atoms with Crippen molar-refractivity contribution in [3.8, 4) is 5.75 Å². The van der Waals surface area contributed by atoms with Gasteiger partial charge in [-0.2, -0.15) is 0 Å². The van der Waals surface area contributed by atoms with Crippen molar-refractivity contribution in [2.45, 2.75) is 26.3 Å². The molecular weight excluding hydrogens is 207 g/mol. The summed E-state index contributed by atoms with van der Waals surface area (Å²) in [6.07, 6.45) is 0.758. The Hall–Kier alpha value is -1.13. The summed E-state index contributed by atoms with van der Waals surface area (Å²) in [4.78, 5) is 0. The van der Waals surface area contributed by atoms with E-state index in [1.54, 1.807) is 12.1 Å². The highest BCUT2D eigenvalue weighted by molar-refractivity contribution is 5.37. The van der Waals surface area contributed by atoms with Gasteiger partial charge in [0.15, 0.2) is 0 Å². The summed E-state index contributed by atoms with van der Waals surface area (Å²) in [7, 11) is 1.53. The fourth-order valence-electron chi connectivity index (χ4n) is 1.77. The first-order valence-electron chi connectivity index (χ1n) is 5.38. The first kappa shape index (κ1) is 12.9. The average Bonchev–Trinajstić information content (AvgIpc) is 2.25. The van der Waals surface area contributed by atoms with Crippen LogP contribution < -0.4 is 16.0 Å². The zero-order valence-electron chi connectivity index (χ0n) is 9.96. The molecule has 0 heterocycles. The molecular formula is C12H19FN2O. The maximum Gasteiger partial charge on any atom is 0.131 e. The van der Waals surface area contributed by atoms with Crippen molar-refractivity contribution in [3.63, 3.8) is 0 Å². The van der Waals surface area contributed by atoms with Crippen molar-refractivity contribution >= 4 is 0 Å². The minimum Gasteiger partial charge on any atom is -0.496 e. The van der Waals surface area contributed by atoms with Gasteiger partial charge >= 0.3 is 0 Å². The van der Waals surface area contributed by atoms with Gasteiger partial charge in [-0.3, -0.25) is 11.3 Å². The molecule has 0 bridgehead atoms. The molecule has 90 valence electrons. The van der Waals surface area contributed by atoms with Gasteiger partial charge in [0.05, 0.1) is 13.2 Å². The Kier molecular flexibility index (Phi) is 4.71. The minimum atomic E-state index is -0.289. The van der Waals surface area contributed by atoms with E-state index in [2.05, 4.69) is 19.3 Å². The lowest BCUT2D eigenvalue weighted by Crippen LogP contribution is -2.30.